The summed E-state index contributed by atoms with van der Waals surface area (Å²) in [6, 6.07) is 0. The third-order valence-electron chi connectivity index (χ3n) is 12.8. The molecule has 22 heteroatoms. The first kappa shape index (κ1) is 63.4. The molecule has 2 bridgehead atoms. The molecule has 1 aliphatic heterocycles. The third kappa shape index (κ3) is 26.7. The van der Waals surface area contributed by atoms with Gasteiger partial charge in [0, 0.05) is 43.9 Å². The molecule has 1 heterocycles. The molecule has 0 amide bonds. The number of Topliss-reactive ketones (excluding diaryl/α,β-unsaturated/α-hetero) is 1. The molecule has 20 nitrogen and oxygen atoms in total. The predicted octanol–water partition coefficient (Wildman–Crippen LogP) is 5.52. The van der Waals surface area contributed by atoms with E-state index in [0.29, 0.717) is 12.8 Å². The number of aliphatic hydroxyl groups is 7. The average Bonchev–Trinajstić information content (AvgIpc) is 3.29. The van der Waals surface area contributed by atoms with E-state index in [9.17, 15) is 73.9 Å². The summed E-state index contributed by atoms with van der Waals surface area (Å²) in [4.78, 5) is 70.0. The first-order valence-corrected chi connectivity index (χ1v) is 28.4. The van der Waals surface area contributed by atoms with Crippen LogP contribution >= 0.6 is 15.6 Å². The fourth-order valence-corrected chi connectivity index (χ4v) is 10.3. The van der Waals surface area contributed by atoms with E-state index in [2.05, 4.69) is 6.92 Å². The zero-order valence-electron chi connectivity index (χ0n) is 40.8. The highest BCUT2D eigenvalue weighted by Crippen LogP contribution is 2.50. The quantitative estimate of drug-likeness (QED) is 0.0221. The van der Waals surface area contributed by atoms with Crippen LogP contribution in [0.4, 0.5) is 0 Å². The molecule has 2 fully saturated rings. The molecular weight excluding hydrogens is 946 g/mol. The van der Waals surface area contributed by atoms with Crippen LogP contribution in [0.5, 0.6) is 0 Å². The number of unbranched alkanes of at least 4 members (excludes halogenated alkanes) is 16. The predicted molar refractivity (Wildman–Crippen MR) is 253 cm³/mol. The zero-order chi connectivity index (χ0) is 51.4. The standard InChI is InChI=1S/C47H86O20P2/c1-3-5-7-8-9-10-11-12-13-14-15-16-17-18-20-25-40(52)63-31-35-32-64-69(61,62)67-47-45(57)44(56)42(54)37(29-34(49)24-21-22-26-41(53)65-35)39(51)30-38(50)36(28-27-33(48)23-19-6-4-2)43(55)46(47)66-68(58,59)60/h27-28,33,35-39,42-48,50-51,54-57H,3-26,29-32H2,1-2H3,(H,61,62)(H2,58,59,60)/b28-27-/t33-,35+,36-,37-,38+,39-,42+,43+,44-,45+,46+,47-/m0/s1. The van der Waals surface area contributed by atoms with Crippen molar-refractivity contribution in [2.45, 2.75) is 242 Å². The summed E-state index contributed by atoms with van der Waals surface area (Å²) >= 11 is 0. The van der Waals surface area contributed by atoms with Gasteiger partial charge in [-0.05, 0) is 25.7 Å². The molecule has 13 atom stereocenters. The second kappa shape index (κ2) is 34.7. The van der Waals surface area contributed by atoms with Crippen LogP contribution in [-0.2, 0) is 46.6 Å². The highest BCUT2D eigenvalue weighted by molar-refractivity contribution is 7.47. The highest BCUT2D eigenvalue weighted by Gasteiger charge is 2.52. The minimum Gasteiger partial charge on any atom is -0.462 e. The van der Waals surface area contributed by atoms with Crippen molar-refractivity contribution in [3.63, 3.8) is 0 Å². The molecule has 2 rings (SSSR count). The van der Waals surface area contributed by atoms with Crippen molar-refractivity contribution in [2.24, 2.45) is 11.8 Å². The number of fused-ring (bicyclic) bond motifs is 4. The molecular formula is C47H86O20P2. The Morgan fingerprint density at radius 2 is 1.32 bits per heavy atom. The van der Waals surface area contributed by atoms with Gasteiger partial charge in [0.2, 0.25) is 0 Å². The van der Waals surface area contributed by atoms with Crippen LogP contribution in [0.3, 0.4) is 0 Å². The van der Waals surface area contributed by atoms with Gasteiger partial charge in [-0.1, -0.05) is 135 Å². The molecule has 0 aromatic carbocycles. The average molecular weight is 1030 g/mol. The number of ketones is 1. The molecule has 0 radical (unpaired) electrons. The van der Waals surface area contributed by atoms with E-state index in [1.165, 1.54) is 64.2 Å². The maximum absolute atomic E-state index is 13.7. The minimum atomic E-state index is -5.81. The second-order valence-electron chi connectivity index (χ2n) is 18.9. The maximum atomic E-state index is 13.7. The number of carbonyl (C=O) groups is 3. The van der Waals surface area contributed by atoms with E-state index < -0.39 is 132 Å². The Kier molecular flexibility index (Phi) is 31.9. The molecule has 0 aromatic rings. The van der Waals surface area contributed by atoms with Crippen LogP contribution in [0.2, 0.25) is 0 Å². The lowest BCUT2D eigenvalue weighted by Gasteiger charge is -2.38. The Morgan fingerprint density at radius 1 is 0.768 bits per heavy atom. The van der Waals surface area contributed by atoms with Crippen LogP contribution in [0.15, 0.2) is 12.2 Å². The van der Waals surface area contributed by atoms with E-state index in [1.807, 2.05) is 6.92 Å². The number of hydrogen-bond acceptors (Lipinski definition) is 17. The lowest BCUT2D eigenvalue weighted by Crippen LogP contribution is -2.56. The number of rotatable bonds is 26. The van der Waals surface area contributed by atoms with Crippen LogP contribution in [0.1, 0.15) is 181 Å². The lowest BCUT2D eigenvalue weighted by atomic mass is 9.82. The van der Waals surface area contributed by atoms with Gasteiger partial charge >= 0.3 is 27.6 Å². The topological polar surface area (TPSA) is 334 Å². The monoisotopic (exact) mass is 1030 g/mol. The number of aliphatic hydroxyl groups excluding tert-OH is 7. The summed E-state index contributed by atoms with van der Waals surface area (Å²) in [5.74, 6) is -5.55. The molecule has 0 spiro atoms. The number of ether oxygens (including phenoxy) is 2. The van der Waals surface area contributed by atoms with Crippen molar-refractivity contribution >= 4 is 33.4 Å². The van der Waals surface area contributed by atoms with Gasteiger partial charge in [0.1, 0.15) is 36.8 Å². The fourth-order valence-electron chi connectivity index (χ4n) is 8.73. The molecule has 1 saturated heterocycles. The number of carbonyl (C=O) groups excluding carboxylic acids is 3. The first-order valence-electron chi connectivity index (χ1n) is 25.4. The van der Waals surface area contributed by atoms with Crippen LogP contribution in [0.25, 0.3) is 0 Å². The highest BCUT2D eigenvalue weighted by atomic mass is 31.2. The van der Waals surface area contributed by atoms with E-state index in [1.54, 1.807) is 0 Å². The van der Waals surface area contributed by atoms with Crippen molar-refractivity contribution < 1.29 is 97.0 Å². The van der Waals surface area contributed by atoms with Crippen molar-refractivity contribution in [3.05, 3.63) is 12.2 Å². The first-order chi connectivity index (χ1) is 32.7. The van der Waals surface area contributed by atoms with Crippen molar-refractivity contribution in [1.29, 1.82) is 0 Å². The number of esters is 2. The summed E-state index contributed by atoms with van der Waals surface area (Å²) in [7, 11) is -11.5. The second-order valence-corrected chi connectivity index (χ2v) is 21.5. The van der Waals surface area contributed by atoms with Gasteiger partial charge in [-0.3, -0.25) is 28.0 Å². The van der Waals surface area contributed by atoms with E-state index in [4.69, 9.17) is 23.0 Å². The van der Waals surface area contributed by atoms with Gasteiger partial charge in [-0.2, -0.15) is 0 Å². The molecule has 69 heavy (non-hydrogen) atoms. The van der Waals surface area contributed by atoms with Crippen molar-refractivity contribution in [2.75, 3.05) is 13.2 Å². The van der Waals surface area contributed by atoms with E-state index in [0.717, 1.165) is 50.7 Å². The van der Waals surface area contributed by atoms with Gasteiger partial charge < -0.3 is 59.9 Å². The molecule has 2 aliphatic rings. The maximum Gasteiger partial charge on any atom is 0.472 e. The van der Waals surface area contributed by atoms with Gasteiger partial charge in [0.25, 0.3) is 0 Å². The van der Waals surface area contributed by atoms with Gasteiger partial charge in [-0.15, -0.1) is 0 Å². The molecule has 1 aliphatic carbocycles. The normalized spacial score (nSPS) is 31.2. The van der Waals surface area contributed by atoms with E-state index >= 15 is 0 Å². The zero-order valence-corrected chi connectivity index (χ0v) is 42.6. The Hall–Kier alpha value is -1.71. The van der Waals surface area contributed by atoms with Gasteiger partial charge in [-0.25, -0.2) is 9.13 Å². The summed E-state index contributed by atoms with van der Waals surface area (Å²) < 4.78 is 52.1. The SMILES string of the molecule is CCCCCCCCCCCCCCCCCC(=O)OC[C@@H]1COP(=O)(O)O[C@H]2[C@H](O)[C@@H](O)[C@H](O)[C@@H](CC(=O)CCCCC(=O)O1)[C@@H](O)C[C@@H](O)[C@H](/C=C\[C@@H](O)CCCCC)[C@@H](O)[C@H]2OP(=O)(O)O. The molecule has 1 unspecified atom stereocenters. The molecule has 10 N–H and O–H groups in total. The van der Waals surface area contributed by atoms with E-state index in [-0.39, 0.29) is 38.5 Å². The number of cyclic esters (lactones) is 1. The summed E-state index contributed by atoms with van der Waals surface area (Å²) in [6.07, 6.45) is -1.98. The Morgan fingerprint density at radius 3 is 1.90 bits per heavy atom. The molecule has 0 aromatic heterocycles. The Balaban J connectivity index is 2.31. The number of phosphoric acid groups is 2. The van der Waals surface area contributed by atoms with Gasteiger partial charge in [0.05, 0.1) is 37.1 Å². The third-order valence-corrected chi connectivity index (χ3v) is 14.3. The minimum absolute atomic E-state index is 0.0347. The largest absolute Gasteiger partial charge is 0.472 e. The summed E-state index contributed by atoms with van der Waals surface area (Å²) in [6.45, 7) is 2.49. The number of phosphoric ester groups is 2. The van der Waals surface area contributed by atoms with Gasteiger partial charge in [0.15, 0.2) is 6.10 Å². The lowest BCUT2D eigenvalue weighted by molar-refractivity contribution is -0.166. The molecule has 1 saturated carbocycles. The Labute approximate surface area is 408 Å². The summed E-state index contributed by atoms with van der Waals surface area (Å²) in [5, 5.41) is 79.6. The van der Waals surface area contributed by atoms with Crippen LogP contribution < -0.4 is 0 Å². The molecule has 404 valence electrons. The summed E-state index contributed by atoms with van der Waals surface area (Å²) in [5.41, 5.74) is 0. The van der Waals surface area contributed by atoms with Crippen molar-refractivity contribution in [3.8, 4) is 0 Å². The Bertz CT molecular complexity index is 1560. The van der Waals surface area contributed by atoms with Crippen LogP contribution in [0, 0.1) is 11.8 Å². The fraction of sp³-hybridized carbons (Fsp3) is 0.894. The van der Waals surface area contributed by atoms with Crippen molar-refractivity contribution in [1.82, 2.24) is 0 Å². The number of hydrogen-bond donors (Lipinski definition) is 10. The van der Waals surface area contributed by atoms with Crippen LogP contribution in [-0.4, -0.2) is 142 Å². The smallest absolute Gasteiger partial charge is 0.462 e.